The molecule has 1 aromatic rings. The van der Waals surface area contributed by atoms with Crippen LogP contribution >= 0.6 is 15.9 Å². The molecule has 0 bridgehead atoms. The second-order valence-corrected chi connectivity index (χ2v) is 4.53. The van der Waals surface area contributed by atoms with Crippen LogP contribution in [0.1, 0.15) is 12.6 Å². The predicted octanol–water partition coefficient (Wildman–Crippen LogP) is 1.21. The van der Waals surface area contributed by atoms with Gasteiger partial charge in [-0.2, -0.15) is 0 Å². The second-order valence-electron chi connectivity index (χ2n) is 3.72. The van der Waals surface area contributed by atoms with Gasteiger partial charge in [0.25, 0.3) is 0 Å². The Balaban J connectivity index is 2.32. The molecule has 0 saturated carbocycles. The first-order valence-corrected chi connectivity index (χ1v) is 5.41. The molecule has 5 heteroatoms. The highest BCUT2D eigenvalue weighted by molar-refractivity contribution is 9.10. The molecular formula is C10H11BrN2O2. The fraction of sp³-hybridized carbons (Fsp3) is 0.400. The quantitative estimate of drug-likeness (QED) is 0.781. The molecule has 1 N–H and O–H groups in total. The molecule has 80 valence electrons. The van der Waals surface area contributed by atoms with E-state index in [1.165, 1.54) is 0 Å². The van der Waals surface area contributed by atoms with Crippen LogP contribution in [0.5, 0.6) is 0 Å². The molecule has 1 aromatic heterocycles. The molecule has 1 atom stereocenters. The lowest BCUT2D eigenvalue weighted by molar-refractivity contribution is -0.135. The third-order valence-corrected chi connectivity index (χ3v) is 2.76. The number of hydrogen-bond acceptors (Lipinski definition) is 3. The lowest BCUT2D eigenvalue weighted by atomic mass is 9.97. The molecular weight excluding hydrogens is 260 g/mol. The number of carbonyl (C=O) groups is 1. The van der Waals surface area contributed by atoms with Gasteiger partial charge in [-0.05, 0) is 35.0 Å². The van der Waals surface area contributed by atoms with Crippen LogP contribution in [0.15, 0.2) is 22.8 Å². The van der Waals surface area contributed by atoms with Gasteiger partial charge in [0, 0.05) is 0 Å². The third-order valence-electron chi connectivity index (χ3n) is 2.32. The smallest absolute Gasteiger partial charge is 0.246 e. The Morgan fingerprint density at radius 2 is 2.40 bits per heavy atom. The maximum Gasteiger partial charge on any atom is 0.246 e. The number of hydrogen-bond donors (Lipinski definition) is 1. The lowest BCUT2D eigenvalue weighted by Crippen LogP contribution is -2.53. The number of carbonyl (C=O) groups excluding carboxylic acids is 1. The first-order valence-electron chi connectivity index (χ1n) is 4.62. The highest BCUT2D eigenvalue weighted by Crippen LogP contribution is 2.22. The number of rotatable bonds is 1. The summed E-state index contributed by atoms with van der Waals surface area (Å²) in [5.74, 6) is -0.106. The number of morpholine rings is 1. The van der Waals surface area contributed by atoms with Gasteiger partial charge in [0.05, 0.1) is 12.3 Å². The van der Waals surface area contributed by atoms with Gasteiger partial charge in [-0.3, -0.25) is 4.79 Å². The molecule has 1 fully saturated rings. The number of pyridine rings is 1. The standard InChI is InChI=1S/C10H11BrN2O2/c1-10(6-15-5-9(14)13-10)7-3-2-4-8(11)12-7/h2-4H,5-6H2,1H3,(H,13,14). The van der Waals surface area contributed by atoms with Crippen LogP contribution in [-0.4, -0.2) is 24.1 Å². The molecule has 2 heterocycles. The van der Waals surface area contributed by atoms with Gasteiger partial charge < -0.3 is 10.1 Å². The van der Waals surface area contributed by atoms with E-state index in [0.717, 1.165) is 10.3 Å². The van der Waals surface area contributed by atoms with Crippen LogP contribution in [0.2, 0.25) is 0 Å². The average Bonchev–Trinajstić information content (AvgIpc) is 2.17. The molecule has 1 aliphatic rings. The first-order chi connectivity index (χ1) is 7.10. The normalized spacial score (nSPS) is 26.1. The Morgan fingerprint density at radius 3 is 3.07 bits per heavy atom. The second kappa shape index (κ2) is 3.90. The summed E-state index contributed by atoms with van der Waals surface area (Å²) in [7, 11) is 0. The summed E-state index contributed by atoms with van der Waals surface area (Å²) in [6.45, 7) is 2.48. The van der Waals surface area contributed by atoms with Gasteiger partial charge in [-0.25, -0.2) is 4.98 Å². The summed E-state index contributed by atoms with van der Waals surface area (Å²) < 4.78 is 5.98. The zero-order chi connectivity index (χ0) is 10.9. The number of amides is 1. The van der Waals surface area contributed by atoms with Crippen LogP contribution < -0.4 is 5.32 Å². The minimum Gasteiger partial charge on any atom is -0.369 e. The molecule has 0 aromatic carbocycles. The molecule has 1 saturated heterocycles. The van der Waals surface area contributed by atoms with Gasteiger partial charge in [0.15, 0.2) is 0 Å². The summed E-state index contributed by atoms with van der Waals surface area (Å²) >= 11 is 3.30. The topological polar surface area (TPSA) is 51.2 Å². The largest absolute Gasteiger partial charge is 0.369 e. The SMILES string of the molecule is CC1(c2cccc(Br)n2)COCC(=O)N1. The summed E-state index contributed by atoms with van der Waals surface area (Å²) in [4.78, 5) is 15.6. The Kier molecular flexibility index (Phi) is 2.75. The van der Waals surface area contributed by atoms with Crippen molar-refractivity contribution in [3.05, 3.63) is 28.5 Å². The number of halogens is 1. The fourth-order valence-electron chi connectivity index (χ4n) is 1.58. The van der Waals surface area contributed by atoms with Crippen molar-refractivity contribution < 1.29 is 9.53 Å². The van der Waals surface area contributed by atoms with Crippen molar-refractivity contribution in [3.63, 3.8) is 0 Å². The Hall–Kier alpha value is -0.940. The van der Waals surface area contributed by atoms with E-state index in [0.29, 0.717) is 6.61 Å². The molecule has 4 nitrogen and oxygen atoms in total. The molecule has 0 spiro atoms. The van der Waals surface area contributed by atoms with Crippen LogP contribution in [0.3, 0.4) is 0 Å². The van der Waals surface area contributed by atoms with Crippen molar-refractivity contribution in [3.8, 4) is 0 Å². The summed E-state index contributed by atoms with van der Waals surface area (Å²) in [5.41, 5.74) is 0.268. The zero-order valence-corrected chi connectivity index (χ0v) is 9.87. The summed E-state index contributed by atoms with van der Waals surface area (Å²) in [5, 5.41) is 2.89. The summed E-state index contributed by atoms with van der Waals surface area (Å²) in [6, 6.07) is 5.61. The van der Waals surface area contributed by atoms with E-state index in [4.69, 9.17) is 4.74 Å². The van der Waals surface area contributed by atoms with Gasteiger partial charge in [-0.15, -0.1) is 0 Å². The fourth-order valence-corrected chi connectivity index (χ4v) is 1.92. The molecule has 0 radical (unpaired) electrons. The highest BCUT2D eigenvalue weighted by atomic mass is 79.9. The zero-order valence-electron chi connectivity index (χ0n) is 8.29. The molecule has 1 unspecified atom stereocenters. The Morgan fingerprint density at radius 1 is 1.60 bits per heavy atom. The first kappa shape index (κ1) is 10.6. The number of aromatic nitrogens is 1. The number of ether oxygens (including phenoxy) is 1. The molecule has 1 aliphatic heterocycles. The van der Waals surface area contributed by atoms with Crippen molar-refractivity contribution in [2.24, 2.45) is 0 Å². The minimum atomic E-state index is -0.529. The average molecular weight is 271 g/mol. The van der Waals surface area contributed by atoms with Crippen LogP contribution in [0.25, 0.3) is 0 Å². The van der Waals surface area contributed by atoms with E-state index in [9.17, 15) is 4.79 Å². The van der Waals surface area contributed by atoms with Gasteiger partial charge in [0.2, 0.25) is 5.91 Å². The van der Waals surface area contributed by atoms with Crippen molar-refractivity contribution in [1.82, 2.24) is 10.3 Å². The van der Waals surface area contributed by atoms with Crippen LogP contribution in [-0.2, 0) is 15.1 Å². The number of nitrogens with one attached hydrogen (secondary N) is 1. The van der Waals surface area contributed by atoms with Crippen LogP contribution in [0, 0.1) is 0 Å². The van der Waals surface area contributed by atoms with E-state index in [-0.39, 0.29) is 12.5 Å². The van der Waals surface area contributed by atoms with E-state index in [1.807, 2.05) is 25.1 Å². The van der Waals surface area contributed by atoms with E-state index >= 15 is 0 Å². The predicted molar refractivity (Wildman–Crippen MR) is 58.3 cm³/mol. The van der Waals surface area contributed by atoms with E-state index in [1.54, 1.807) is 0 Å². The maximum absolute atomic E-state index is 11.3. The molecule has 15 heavy (non-hydrogen) atoms. The summed E-state index contributed by atoms with van der Waals surface area (Å²) in [6.07, 6.45) is 0. The van der Waals surface area contributed by atoms with Crippen LogP contribution in [0.4, 0.5) is 0 Å². The number of nitrogens with zero attached hydrogens (tertiary/aromatic N) is 1. The van der Waals surface area contributed by atoms with Crippen molar-refractivity contribution in [2.75, 3.05) is 13.2 Å². The molecule has 0 aliphatic carbocycles. The van der Waals surface area contributed by atoms with E-state index in [2.05, 4.69) is 26.2 Å². The monoisotopic (exact) mass is 270 g/mol. The van der Waals surface area contributed by atoms with Crippen molar-refractivity contribution in [2.45, 2.75) is 12.5 Å². The van der Waals surface area contributed by atoms with Gasteiger partial charge >= 0.3 is 0 Å². The van der Waals surface area contributed by atoms with Gasteiger partial charge in [0.1, 0.15) is 16.7 Å². The van der Waals surface area contributed by atoms with Crippen molar-refractivity contribution in [1.29, 1.82) is 0 Å². The van der Waals surface area contributed by atoms with Crippen molar-refractivity contribution >= 4 is 21.8 Å². The highest BCUT2D eigenvalue weighted by Gasteiger charge is 2.34. The Labute approximate surface area is 96.2 Å². The third kappa shape index (κ3) is 2.18. The lowest BCUT2D eigenvalue weighted by Gasteiger charge is -2.33. The maximum atomic E-state index is 11.3. The molecule has 2 rings (SSSR count). The van der Waals surface area contributed by atoms with E-state index < -0.39 is 5.54 Å². The minimum absolute atomic E-state index is 0.106. The Bertz CT molecular complexity index is 397. The molecule has 1 amide bonds. The van der Waals surface area contributed by atoms with Gasteiger partial charge in [-0.1, -0.05) is 6.07 Å².